The van der Waals surface area contributed by atoms with E-state index in [0.29, 0.717) is 5.56 Å². The van der Waals surface area contributed by atoms with Gasteiger partial charge in [0.25, 0.3) is 0 Å². The Morgan fingerprint density at radius 3 is 2.32 bits per heavy atom. The lowest BCUT2D eigenvalue weighted by atomic mass is 9.58. The van der Waals surface area contributed by atoms with E-state index in [1.807, 2.05) is 13.8 Å². The number of hydrogen-bond acceptors (Lipinski definition) is 4. The molecule has 1 aromatic carbocycles. The fraction of sp³-hybridized carbons (Fsp3) is 0.500. The molecule has 3 N–H and O–H groups in total. The second-order valence-corrected chi connectivity index (χ2v) is 5.98. The third-order valence-electron chi connectivity index (χ3n) is 4.59. The molecular formula is C14H18O5. The minimum absolute atomic E-state index is 0.0759. The summed E-state index contributed by atoms with van der Waals surface area (Å²) < 4.78 is 5.33. The quantitative estimate of drug-likeness (QED) is 0.722. The molecule has 0 spiro atoms. The molecule has 1 aliphatic rings. The van der Waals surface area contributed by atoms with E-state index in [1.165, 1.54) is 12.1 Å². The molecule has 2 rings (SSSR count). The van der Waals surface area contributed by atoms with E-state index in [4.69, 9.17) is 4.74 Å². The van der Waals surface area contributed by atoms with Gasteiger partial charge in [-0.25, -0.2) is 4.79 Å². The number of carboxylic acid groups (broad SMARTS) is 1. The maximum atomic E-state index is 11.4. The van der Waals surface area contributed by atoms with Gasteiger partial charge in [-0.3, -0.25) is 0 Å². The van der Waals surface area contributed by atoms with E-state index in [9.17, 15) is 20.1 Å². The first-order chi connectivity index (χ1) is 8.54. The van der Waals surface area contributed by atoms with E-state index in [-0.39, 0.29) is 11.5 Å². The Hall–Kier alpha value is -1.75. The Balaban J connectivity index is 2.74. The Morgan fingerprint density at radius 1 is 1.21 bits per heavy atom. The van der Waals surface area contributed by atoms with Gasteiger partial charge in [-0.2, -0.15) is 0 Å². The zero-order chi connectivity index (χ0) is 14.6. The summed E-state index contributed by atoms with van der Waals surface area (Å²) in [5.41, 5.74) is -1.12. The van der Waals surface area contributed by atoms with Crippen LogP contribution in [0.2, 0.25) is 0 Å². The third kappa shape index (κ3) is 1.54. The van der Waals surface area contributed by atoms with E-state index in [1.54, 1.807) is 19.9 Å². The molecule has 0 aromatic heterocycles. The van der Waals surface area contributed by atoms with Crippen LogP contribution in [0.4, 0.5) is 0 Å². The van der Waals surface area contributed by atoms with Crippen LogP contribution in [-0.4, -0.2) is 27.1 Å². The van der Waals surface area contributed by atoms with Crippen molar-refractivity contribution >= 4 is 5.97 Å². The van der Waals surface area contributed by atoms with Gasteiger partial charge in [0.05, 0.1) is 5.41 Å². The van der Waals surface area contributed by atoms with Crippen LogP contribution in [0.1, 0.15) is 33.3 Å². The minimum atomic E-state index is -2.32. The van der Waals surface area contributed by atoms with Crippen LogP contribution in [0.3, 0.4) is 0 Å². The maximum Gasteiger partial charge on any atom is 0.377 e. The van der Waals surface area contributed by atoms with Crippen molar-refractivity contribution in [2.75, 3.05) is 0 Å². The van der Waals surface area contributed by atoms with Crippen molar-refractivity contribution in [2.45, 2.75) is 38.9 Å². The predicted octanol–water partition coefficient (Wildman–Crippen LogP) is 1.86. The van der Waals surface area contributed by atoms with Gasteiger partial charge < -0.3 is 20.1 Å². The number of rotatable bonds is 1. The molecule has 1 heterocycles. The lowest BCUT2D eigenvalue weighted by molar-refractivity contribution is -0.249. The molecule has 1 aromatic rings. The zero-order valence-electron chi connectivity index (χ0n) is 11.4. The SMILES string of the molecule is CC1(C)c2cc(O)ccc2OC(O)(C(=O)O)C1(C)C. The molecule has 0 saturated heterocycles. The Labute approximate surface area is 111 Å². The predicted molar refractivity (Wildman–Crippen MR) is 68.1 cm³/mol. The molecule has 19 heavy (non-hydrogen) atoms. The molecule has 104 valence electrons. The second-order valence-electron chi connectivity index (χ2n) is 5.98. The van der Waals surface area contributed by atoms with Crippen molar-refractivity contribution in [3.05, 3.63) is 23.8 Å². The highest BCUT2D eigenvalue weighted by molar-refractivity contribution is 5.78. The van der Waals surface area contributed by atoms with Crippen LogP contribution in [0.25, 0.3) is 0 Å². The monoisotopic (exact) mass is 266 g/mol. The van der Waals surface area contributed by atoms with Crippen molar-refractivity contribution in [3.63, 3.8) is 0 Å². The fourth-order valence-corrected chi connectivity index (χ4v) is 2.45. The van der Waals surface area contributed by atoms with Crippen LogP contribution in [0.15, 0.2) is 18.2 Å². The third-order valence-corrected chi connectivity index (χ3v) is 4.59. The Morgan fingerprint density at radius 2 is 1.79 bits per heavy atom. The summed E-state index contributed by atoms with van der Waals surface area (Å²) in [4.78, 5) is 11.4. The Kier molecular flexibility index (Phi) is 2.62. The zero-order valence-corrected chi connectivity index (χ0v) is 11.4. The molecule has 0 amide bonds. The van der Waals surface area contributed by atoms with Crippen LogP contribution in [0.5, 0.6) is 11.5 Å². The molecule has 5 heteroatoms. The maximum absolute atomic E-state index is 11.4. The summed E-state index contributed by atoms with van der Waals surface area (Å²) in [5, 5.41) is 29.4. The van der Waals surface area contributed by atoms with Crippen molar-refractivity contribution in [2.24, 2.45) is 5.41 Å². The Bertz CT molecular complexity index is 547. The molecule has 0 saturated carbocycles. The lowest BCUT2D eigenvalue weighted by Crippen LogP contribution is -2.65. The number of benzene rings is 1. The summed E-state index contributed by atoms with van der Waals surface area (Å²) in [6, 6.07) is 4.41. The van der Waals surface area contributed by atoms with Crippen LogP contribution in [-0.2, 0) is 10.2 Å². The number of aromatic hydroxyl groups is 1. The van der Waals surface area contributed by atoms with Gasteiger partial charge in [0, 0.05) is 11.0 Å². The van der Waals surface area contributed by atoms with Gasteiger partial charge in [-0.1, -0.05) is 27.7 Å². The number of carboxylic acids is 1. The summed E-state index contributed by atoms with van der Waals surface area (Å²) in [6.45, 7) is 6.91. The molecule has 0 radical (unpaired) electrons. The van der Waals surface area contributed by atoms with Crippen molar-refractivity contribution in [1.82, 2.24) is 0 Å². The van der Waals surface area contributed by atoms with Gasteiger partial charge >= 0.3 is 11.8 Å². The molecular weight excluding hydrogens is 248 g/mol. The highest BCUT2D eigenvalue weighted by Crippen LogP contribution is 2.56. The first-order valence-electron chi connectivity index (χ1n) is 6.02. The molecule has 5 nitrogen and oxygen atoms in total. The van der Waals surface area contributed by atoms with E-state index >= 15 is 0 Å². The molecule has 0 bridgehead atoms. The van der Waals surface area contributed by atoms with E-state index < -0.39 is 22.6 Å². The van der Waals surface area contributed by atoms with E-state index in [2.05, 4.69) is 0 Å². The van der Waals surface area contributed by atoms with Crippen LogP contribution in [0, 0.1) is 5.41 Å². The molecule has 1 aliphatic heterocycles. The number of aliphatic hydroxyl groups is 1. The topological polar surface area (TPSA) is 87.0 Å². The first-order valence-corrected chi connectivity index (χ1v) is 6.02. The lowest BCUT2D eigenvalue weighted by Gasteiger charge is -2.53. The molecule has 0 fully saturated rings. The number of hydrogen-bond donors (Lipinski definition) is 3. The second kappa shape index (κ2) is 3.63. The summed E-state index contributed by atoms with van der Waals surface area (Å²) in [7, 11) is 0. The smallest absolute Gasteiger partial charge is 0.377 e. The number of ether oxygens (including phenoxy) is 1. The van der Waals surface area contributed by atoms with Crippen LogP contribution < -0.4 is 4.74 Å². The summed E-state index contributed by atoms with van der Waals surface area (Å²) >= 11 is 0. The van der Waals surface area contributed by atoms with Crippen molar-refractivity contribution in [3.8, 4) is 11.5 Å². The van der Waals surface area contributed by atoms with Crippen molar-refractivity contribution in [1.29, 1.82) is 0 Å². The van der Waals surface area contributed by atoms with Gasteiger partial charge in [-0.15, -0.1) is 0 Å². The number of fused-ring (bicyclic) bond motifs is 1. The normalized spacial score (nSPS) is 27.2. The number of phenols is 1. The van der Waals surface area contributed by atoms with Crippen molar-refractivity contribution < 1.29 is 24.9 Å². The molecule has 0 aliphatic carbocycles. The summed E-state index contributed by atoms with van der Waals surface area (Å²) in [5.74, 6) is -3.40. The number of carbonyl (C=O) groups is 1. The van der Waals surface area contributed by atoms with Crippen LogP contribution >= 0.6 is 0 Å². The minimum Gasteiger partial charge on any atom is -0.508 e. The highest BCUT2D eigenvalue weighted by Gasteiger charge is 2.63. The first kappa shape index (κ1) is 13.7. The standard InChI is InChI=1S/C14H18O5/c1-12(2)9-7-8(15)5-6-10(9)19-14(18,11(16)17)13(12,3)4/h5-7,15,18H,1-4H3,(H,16,17). The van der Waals surface area contributed by atoms with E-state index in [0.717, 1.165) is 0 Å². The molecule has 1 atom stereocenters. The fourth-order valence-electron chi connectivity index (χ4n) is 2.45. The average Bonchev–Trinajstić information content (AvgIpc) is 2.29. The number of phenolic OH excluding ortho intramolecular Hbond substituents is 1. The summed E-state index contributed by atoms with van der Waals surface area (Å²) in [6.07, 6.45) is 0. The average molecular weight is 266 g/mol. The molecule has 1 unspecified atom stereocenters. The van der Waals surface area contributed by atoms with Gasteiger partial charge in [-0.05, 0) is 18.2 Å². The largest absolute Gasteiger partial charge is 0.508 e. The van der Waals surface area contributed by atoms with Gasteiger partial charge in [0.1, 0.15) is 11.5 Å². The highest BCUT2D eigenvalue weighted by atomic mass is 16.7. The number of aliphatic carboxylic acids is 1. The van der Waals surface area contributed by atoms with Gasteiger partial charge in [0.2, 0.25) is 0 Å². The van der Waals surface area contributed by atoms with Gasteiger partial charge in [0.15, 0.2) is 0 Å².